The number of rotatable bonds is 5. The van der Waals surface area contributed by atoms with E-state index in [0.29, 0.717) is 17.1 Å². The Kier molecular flexibility index (Phi) is 5.06. The second-order valence-electron chi connectivity index (χ2n) is 5.51. The number of aromatic nitrogens is 2. The highest BCUT2D eigenvalue weighted by Gasteiger charge is 2.31. The molecule has 0 radical (unpaired) electrons. The molecule has 0 atom stereocenters. The summed E-state index contributed by atoms with van der Waals surface area (Å²) >= 11 is 0. The molecule has 1 aromatic heterocycles. The first-order chi connectivity index (χ1) is 12.4. The summed E-state index contributed by atoms with van der Waals surface area (Å²) < 4.78 is 46.6. The molecule has 0 unspecified atom stereocenters. The van der Waals surface area contributed by atoms with Gasteiger partial charge in [0.2, 0.25) is 0 Å². The van der Waals surface area contributed by atoms with Crippen LogP contribution in [0.4, 0.5) is 13.2 Å². The molecule has 7 heteroatoms. The number of hydrogen-bond acceptors (Lipinski definition) is 4. The lowest BCUT2D eigenvalue weighted by Gasteiger charge is -2.13. The van der Waals surface area contributed by atoms with E-state index in [9.17, 15) is 13.2 Å². The maximum Gasteiger partial charge on any atom is 0.573 e. The summed E-state index contributed by atoms with van der Waals surface area (Å²) in [7, 11) is 0. The molecule has 134 valence electrons. The van der Waals surface area contributed by atoms with Crippen molar-refractivity contribution in [3.63, 3.8) is 0 Å². The van der Waals surface area contributed by atoms with Crippen LogP contribution in [0.25, 0.3) is 11.1 Å². The number of ether oxygens (including phenoxy) is 2. The van der Waals surface area contributed by atoms with Gasteiger partial charge in [0.1, 0.15) is 18.1 Å². The summed E-state index contributed by atoms with van der Waals surface area (Å²) in [5.41, 5.74) is 2.28. The van der Waals surface area contributed by atoms with Gasteiger partial charge < -0.3 is 9.47 Å². The van der Waals surface area contributed by atoms with Crippen LogP contribution < -0.4 is 9.47 Å². The molecule has 3 aromatic rings. The highest BCUT2D eigenvalue weighted by atomic mass is 19.4. The lowest BCUT2D eigenvalue weighted by atomic mass is 10.0. The number of aryl methyl sites for hydroxylation is 1. The van der Waals surface area contributed by atoms with Crippen molar-refractivity contribution in [3.05, 3.63) is 72.3 Å². The smallest absolute Gasteiger partial charge is 0.486 e. The average Bonchev–Trinajstić information content (AvgIpc) is 2.60. The number of hydrogen-bond donors (Lipinski definition) is 0. The molecule has 0 spiro atoms. The van der Waals surface area contributed by atoms with Crippen molar-refractivity contribution in [3.8, 4) is 22.6 Å². The van der Waals surface area contributed by atoms with Crippen LogP contribution in [0.15, 0.2) is 60.9 Å². The van der Waals surface area contributed by atoms with Crippen LogP contribution in [0.2, 0.25) is 0 Å². The van der Waals surface area contributed by atoms with Crippen molar-refractivity contribution in [2.75, 3.05) is 0 Å². The third-order valence-corrected chi connectivity index (χ3v) is 3.56. The normalized spacial score (nSPS) is 11.2. The molecule has 3 rings (SSSR count). The summed E-state index contributed by atoms with van der Waals surface area (Å²) in [6.07, 6.45) is -1.44. The zero-order valence-electron chi connectivity index (χ0n) is 13.8. The van der Waals surface area contributed by atoms with Crippen LogP contribution in [-0.2, 0) is 6.61 Å². The van der Waals surface area contributed by atoms with Crippen LogP contribution in [-0.4, -0.2) is 16.3 Å². The molecule has 0 saturated carbocycles. The Balaban J connectivity index is 1.77. The summed E-state index contributed by atoms with van der Waals surface area (Å²) in [5.74, 6) is 0.931. The summed E-state index contributed by atoms with van der Waals surface area (Å²) in [5, 5.41) is 0. The molecule has 0 aliphatic heterocycles. The van der Waals surface area contributed by atoms with Gasteiger partial charge in [-0.15, -0.1) is 13.2 Å². The highest BCUT2D eigenvalue weighted by Crippen LogP contribution is 2.31. The minimum absolute atomic E-state index is 0.224. The Labute approximate surface area is 148 Å². The van der Waals surface area contributed by atoms with Crippen molar-refractivity contribution in [1.82, 2.24) is 9.97 Å². The molecule has 0 aliphatic carbocycles. The summed E-state index contributed by atoms with van der Waals surface area (Å²) in [6, 6.07) is 13.2. The third-order valence-electron chi connectivity index (χ3n) is 3.56. The fourth-order valence-electron chi connectivity index (χ4n) is 2.46. The zero-order chi connectivity index (χ0) is 18.6. The van der Waals surface area contributed by atoms with E-state index in [1.165, 1.54) is 12.1 Å². The number of nitrogens with zero attached hydrogens (tertiary/aromatic N) is 2. The molecule has 4 nitrogen and oxygen atoms in total. The van der Waals surface area contributed by atoms with Gasteiger partial charge in [0.05, 0.1) is 0 Å². The van der Waals surface area contributed by atoms with E-state index in [2.05, 4.69) is 14.7 Å². The fourth-order valence-corrected chi connectivity index (χ4v) is 2.46. The Morgan fingerprint density at radius 1 is 0.923 bits per heavy atom. The predicted molar refractivity (Wildman–Crippen MR) is 89.7 cm³/mol. The van der Waals surface area contributed by atoms with Crippen molar-refractivity contribution in [1.29, 1.82) is 0 Å². The molecule has 0 aliphatic rings. The van der Waals surface area contributed by atoms with Crippen molar-refractivity contribution in [2.24, 2.45) is 0 Å². The molecule has 2 aromatic carbocycles. The van der Waals surface area contributed by atoms with E-state index in [1.807, 2.05) is 18.2 Å². The molecule has 0 bridgehead atoms. The van der Waals surface area contributed by atoms with Gasteiger partial charge in [0.25, 0.3) is 0 Å². The van der Waals surface area contributed by atoms with E-state index >= 15 is 0 Å². The Bertz CT molecular complexity index is 883. The largest absolute Gasteiger partial charge is 0.573 e. The van der Waals surface area contributed by atoms with Gasteiger partial charge in [0.15, 0.2) is 5.82 Å². The van der Waals surface area contributed by atoms with Gasteiger partial charge in [-0.3, -0.25) is 0 Å². The second-order valence-corrected chi connectivity index (χ2v) is 5.51. The summed E-state index contributed by atoms with van der Waals surface area (Å²) in [6.45, 7) is 1.95. The van der Waals surface area contributed by atoms with Gasteiger partial charge in [-0.2, -0.15) is 0 Å². The highest BCUT2D eigenvalue weighted by molar-refractivity contribution is 5.69. The number of alkyl halides is 3. The molecule has 0 fully saturated rings. The lowest BCUT2D eigenvalue weighted by molar-refractivity contribution is -0.274. The van der Waals surface area contributed by atoms with E-state index in [4.69, 9.17) is 4.74 Å². The molecule has 0 saturated heterocycles. The first kappa shape index (κ1) is 17.7. The van der Waals surface area contributed by atoms with Gasteiger partial charge in [-0.25, -0.2) is 9.97 Å². The van der Waals surface area contributed by atoms with Gasteiger partial charge in [-0.1, -0.05) is 18.2 Å². The molecular weight excluding hydrogens is 345 g/mol. The minimum atomic E-state index is -4.71. The Hall–Kier alpha value is -3.09. The Morgan fingerprint density at radius 2 is 1.69 bits per heavy atom. The van der Waals surface area contributed by atoms with Gasteiger partial charge >= 0.3 is 6.36 Å². The topological polar surface area (TPSA) is 44.2 Å². The zero-order valence-corrected chi connectivity index (χ0v) is 13.8. The number of halogens is 3. The second kappa shape index (κ2) is 7.43. The lowest BCUT2D eigenvalue weighted by Crippen LogP contribution is -2.17. The number of benzene rings is 2. The van der Waals surface area contributed by atoms with Crippen LogP contribution in [0.5, 0.6) is 11.5 Å². The third kappa shape index (κ3) is 4.72. The quantitative estimate of drug-likeness (QED) is 0.647. The van der Waals surface area contributed by atoms with E-state index in [-0.39, 0.29) is 12.4 Å². The van der Waals surface area contributed by atoms with Crippen LogP contribution in [0.1, 0.15) is 11.4 Å². The van der Waals surface area contributed by atoms with E-state index < -0.39 is 6.36 Å². The average molecular weight is 360 g/mol. The molecule has 0 amide bonds. The minimum Gasteiger partial charge on any atom is -0.486 e. The SMILES string of the molecule is Cc1cc(OC(F)(F)F)ccc1-c1cccc(OCc2ncccn2)c1. The maximum atomic E-state index is 12.3. The van der Waals surface area contributed by atoms with Gasteiger partial charge in [0, 0.05) is 12.4 Å². The first-order valence-corrected chi connectivity index (χ1v) is 7.76. The maximum absolute atomic E-state index is 12.3. The van der Waals surface area contributed by atoms with Crippen LogP contribution in [0, 0.1) is 6.92 Å². The monoisotopic (exact) mass is 360 g/mol. The van der Waals surface area contributed by atoms with Crippen LogP contribution >= 0.6 is 0 Å². The Morgan fingerprint density at radius 3 is 2.38 bits per heavy atom. The van der Waals surface area contributed by atoms with E-state index in [0.717, 1.165) is 11.1 Å². The molecule has 1 heterocycles. The van der Waals surface area contributed by atoms with Crippen molar-refractivity contribution < 1.29 is 22.6 Å². The standard InChI is InChI=1S/C19H15F3N2O2/c1-13-10-16(26-19(20,21)22)6-7-17(13)14-4-2-5-15(11-14)25-12-18-23-8-3-9-24-18/h2-11H,12H2,1H3. The van der Waals surface area contributed by atoms with Gasteiger partial charge in [-0.05, 0) is 53.9 Å². The fraction of sp³-hybridized carbons (Fsp3) is 0.158. The van der Waals surface area contributed by atoms with Crippen molar-refractivity contribution in [2.45, 2.75) is 19.9 Å². The first-order valence-electron chi connectivity index (χ1n) is 7.76. The van der Waals surface area contributed by atoms with Crippen molar-refractivity contribution >= 4 is 0 Å². The van der Waals surface area contributed by atoms with Crippen LogP contribution in [0.3, 0.4) is 0 Å². The molecular formula is C19H15F3N2O2. The summed E-state index contributed by atoms with van der Waals surface area (Å²) in [4.78, 5) is 8.17. The van der Waals surface area contributed by atoms with E-state index in [1.54, 1.807) is 37.5 Å². The molecule has 0 N–H and O–H groups in total. The predicted octanol–water partition coefficient (Wildman–Crippen LogP) is 4.93. The molecule has 26 heavy (non-hydrogen) atoms.